The topological polar surface area (TPSA) is 98.4 Å². The molecular weight excluding hydrogens is 296 g/mol. The van der Waals surface area contributed by atoms with Gasteiger partial charge >= 0.3 is 0 Å². The average molecular weight is 316 g/mol. The first kappa shape index (κ1) is 14.4. The number of carbonyl (C=O) groups is 1. The molecule has 2 aromatic rings. The maximum atomic E-state index is 11.1. The fourth-order valence-electron chi connectivity index (χ4n) is 3.36. The Labute approximate surface area is 133 Å². The molecule has 7 heteroatoms. The summed E-state index contributed by atoms with van der Waals surface area (Å²) in [5.74, 6) is 3.11. The molecule has 3 heterocycles. The third kappa shape index (κ3) is 2.76. The van der Waals surface area contributed by atoms with Crippen molar-refractivity contribution in [2.24, 2.45) is 11.7 Å². The Morgan fingerprint density at radius 3 is 3.00 bits per heavy atom. The highest BCUT2D eigenvalue weighted by Crippen LogP contribution is 2.47. The van der Waals surface area contributed by atoms with Crippen LogP contribution < -0.4 is 5.73 Å². The van der Waals surface area contributed by atoms with E-state index in [1.165, 1.54) is 6.42 Å². The lowest BCUT2D eigenvalue weighted by molar-refractivity contribution is 0.0987. The van der Waals surface area contributed by atoms with Crippen LogP contribution in [0.2, 0.25) is 0 Å². The summed E-state index contributed by atoms with van der Waals surface area (Å²) < 4.78 is 11.2. The summed E-state index contributed by atoms with van der Waals surface area (Å²) in [7, 11) is 0. The van der Waals surface area contributed by atoms with Gasteiger partial charge in [0.15, 0.2) is 0 Å². The van der Waals surface area contributed by atoms with Crippen molar-refractivity contribution in [3.05, 3.63) is 35.4 Å². The first-order valence-corrected chi connectivity index (χ1v) is 8.08. The Hall–Kier alpha value is -2.15. The number of nitrogens with two attached hydrogens (primary N) is 1. The quantitative estimate of drug-likeness (QED) is 0.908. The molecule has 1 saturated carbocycles. The standard InChI is InChI=1S/C16H20N4O3/c1-9-7-11(9)13-5-4-10(22-13)8-20-6-2-3-12(20)16-18-15(14(17)21)19-23-16/h4-5,9,11-12H,2-3,6-8H2,1H3,(H2,17,21)/t9-,11-,12-/m1/s1. The Kier molecular flexibility index (Phi) is 3.45. The summed E-state index contributed by atoms with van der Waals surface area (Å²) >= 11 is 0. The van der Waals surface area contributed by atoms with E-state index in [2.05, 4.69) is 34.1 Å². The maximum absolute atomic E-state index is 11.1. The molecule has 3 atom stereocenters. The first-order valence-electron chi connectivity index (χ1n) is 8.08. The molecule has 2 aromatic heterocycles. The number of likely N-dealkylation sites (tertiary alicyclic amines) is 1. The predicted octanol–water partition coefficient (Wildman–Crippen LogP) is 2.22. The average Bonchev–Trinajstić information content (AvgIpc) is 3.01. The SMILES string of the molecule is C[C@@H]1C[C@H]1c1ccc(CN2CCC[C@@H]2c2nc(C(N)=O)no2)o1. The molecular formula is C16H20N4O3. The third-order valence-electron chi connectivity index (χ3n) is 4.83. The van der Waals surface area contributed by atoms with Crippen molar-refractivity contribution in [2.75, 3.05) is 6.54 Å². The number of hydrogen-bond acceptors (Lipinski definition) is 6. The van der Waals surface area contributed by atoms with Crippen molar-refractivity contribution < 1.29 is 13.7 Å². The number of aromatic nitrogens is 2. The molecule has 1 aliphatic heterocycles. The van der Waals surface area contributed by atoms with Gasteiger partial charge in [0.2, 0.25) is 5.89 Å². The van der Waals surface area contributed by atoms with E-state index in [4.69, 9.17) is 14.7 Å². The van der Waals surface area contributed by atoms with Gasteiger partial charge in [-0.2, -0.15) is 4.98 Å². The van der Waals surface area contributed by atoms with E-state index in [0.717, 1.165) is 36.8 Å². The zero-order valence-electron chi connectivity index (χ0n) is 13.1. The van der Waals surface area contributed by atoms with Gasteiger partial charge in [-0.05, 0) is 43.9 Å². The molecule has 122 valence electrons. The van der Waals surface area contributed by atoms with Crippen LogP contribution in [0.5, 0.6) is 0 Å². The fourth-order valence-corrected chi connectivity index (χ4v) is 3.36. The monoisotopic (exact) mass is 316 g/mol. The van der Waals surface area contributed by atoms with E-state index >= 15 is 0 Å². The van der Waals surface area contributed by atoms with Crippen molar-refractivity contribution in [3.63, 3.8) is 0 Å². The molecule has 7 nitrogen and oxygen atoms in total. The summed E-state index contributed by atoms with van der Waals surface area (Å²) in [5.41, 5.74) is 5.18. The smallest absolute Gasteiger partial charge is 0.290 e. The van der Waals surface area contributed by atoms with Crippen LogP contribution >= 0.6 is 0 Å². The maximum Gasteiger partial charge on any atom is 0.290 e. The lowest BCUT2D eigenvalue weighted by Gasteiger charge is -2.19. The van der Waals surface area contributed by atoms with Crippen molar-refractivity contribution in [1.82, 2.24) is 15.0 Å². The molecule has 2 fully saturated rings. The van der Waals surface area contributed by atoms with Gasteiger partial charge in [0, 0.05) is 5.92 Å². The van der Waals surface area contributed by atoms with Crippen LogP contribution in [-0.2, 0) is 6.54 Å². The molecule has 23 heavy (non-hydrogen) atoms. The van der Waals surface area contributed by atoms with Gasteiger partial charge in [-0.3, -0.25) is 9.69 Å². The van der Waals surface area contributed by atoms with E-state index in [9.17, 15) is 4.79 Å². The normalized spacial score (nSPS) is 27.4. The minimum Gasteiger partial charge on any atom is -0.464 e. The summed E-state index contributed by atoms with van der Waals surface area (Å²) in [6.45, 7) is 3.89. The molecule has 0 radical (unpaired) electrons. The van der Waals surface area contributed by atoms with Crippen molar-refractivity contribution in [2.45, 2.75) is 44.7 Å². The van der Waals surface area contributed by atoms with Crippen molar-refractivity contribution >= 4 is 5.91 Å². The highest BCUT2D eigenvalue weighted by atomic mass is 16.5. The van der Waals surface area contributed by atoms with Gasteiger partial charge in [-0.1, -0.05) is 12.1 Å². The third-order valence-corrected chi connectivity index (χ3v) is 4.83. The van der Waals surface area contributed by atoms with Crippen LogP contribution in [0.25, 0.3) is 0 Å². The molecule has 1 aliphatic carbocycles. The van der Waals surface area contributed by atoms with Crippen molar-refractivity contribution in [3.8, 4) is 0 Å². The Balaban J connectivity index is 1.46. The van der Waals surface area contributed by atoms with Crippen LogP contribution in [0.4, 0.5) is 0 Å². The predicted molar refractivity (Wildman–Crippen MR) is 80.4 cm³/mol. The number of carbonyl (C=O) groups excluding carboxylic acids is 1. The van der Waals surface area contributed by atoms with Gasteiger partial charge in [-0.25, -0.2) is 0 Å². The molecule has 0 unspecified atom stereocenters. The van der Waals surface area contributed by atoms with Gasteiger partial charge in [0.25, 0.3) is 11.7 Å². The largest absolute Gasteiger partial charge is 0.464 e. The molecule has 2 N–H and O–H groups in total. The number of hydrogen-bond donors (Lipinski definition) is 1. The van der Waals surface area contributed by atoms with Crippen LogP contribution in [0.3, 0.4) is 0 Å². The zero-order valence-corrected chi connectivity index (χ0v) is 13.1. The van der Waals surface area contributed by atoms with Crippen LogP contribution in [0, 0.1) is 5.92 Å². The van der Waals surface area contributed by atoms with Crippen LogP contribution in [0.1, 0.15) is 66.2 Å². The molecule has 0 bridgehead atoms. The van der Waals surface area contributed by atoms with Gasteiger partial charge < -0.3 is 14.7 Å². The second kappa shape index (κ2) is 5.49. The Bertz CT molecular complexity index is 722. The molecule has 1 saturated heterocycles. The van der Waals surface area contributed by atoms with Gasteiger partial charge in [0.05, 0.1) is 12.6 Å². The van der Waals surface area contributed by atoms with E-state index in [1.54, 1.807) is 0 Å². The molecule has 2 aliphatic rings. The molecule has 0 spiro atoms. The van der Waals surface area contributed by atoms with E-state index in [1.807, 2.05) is 0 Å². The van der Waals surface area contributed by atoms with E-state index < -0.39 is 5.91 Å². The summed E-state index contributed by atoms with van der Waals surface area (Å²) in [6.07, 6.45) is 3.19. The Morgan fingerprint density at radius 1 is 1.48 bits per heavy atom. The Morgan fingerprint density at radius 2 is 2.30 bits per heavy atom. The number of rotatable bonds is 5. The summed E-state index contributed by atoms with van der Waals surface area (Å²) in [5, 5.41) is 3.63. The first-order chi connectivity index (χ1) is 11.1. The lowest BCUT2D eigenvalue weighted by Crippen LogP contribution is -2.23. The number of primary amides is 1. The molecule has 1 amide bonds. The zero-order chi connectivity index (χ0) is 16.0. The highest BCUT2D eigenvalue weighted by molar-refractivity contribution is 5.88. The number of furan rings is 1. The van der Waals surface area contributed by atoms with Crippen LogP contribution in [0.15, 0.2) is 21.1 Å². The molecule has 0 aromatic carbocycles. The summed E-state index contributed by atoms with van der Waals surface area (Å²) in [4.78, 5) is 17.5. The minimum absolute atomic E-state index is 0.0176. The fraction of sp³-hybridized carbons (Fsp3) is 0.562. The lowest BCUT2D eigenvalue weighted by atomic mass is 10.2. The van der Waals surface area contributed by atoms with Crippen LogP contribution in [-0.4, -0.2) is 27.5 Å². The van der Waals surface area contributed by atoms with Gasteiger partial charge in [-0.15, -0.1) is 0 Å². The van der Waals surface area contributed by atoms with Gasteiger partial charge in [0.1, 0.15) is 11.5 Å². The highest BCUT2D eigenvalue weighted by Gasteiger charge is 2.37. The second-order valence-corrected chi connectivity index (χ2v) is 6.57. The van der Waals surface area contributed by atoms with E-state index in [-0.39, 0.29) is 11.9 Å². The minimum atomic E-state index is -0.668. The van der Waals surface area contributed by atoms with E-state index in [0.29, 0.717) is 18.4 Å². The van der Waals surface area contributed by atoms with Crippen molar-refractivity contribution in [1.29, 1.82) is 0 Å². The molecule has 4 rings (SSSR count). The second-order valence-electron chi connectivity index (χ2n) is 6.57. The summed E-state index contributed by atoms with van der Waals surface area (Å²) in [6, 6.07) is 4.16. The number of amides is 1. The number of nitrogens with zero attached hydrogens (tertiary/aromatic N) is 3.